The minimum absolute atomic E-state index is 0.00571. The number of benzene rings is 2. The summed E-state index contributed by atoms with van der Waals surface area (Å²) in [6.07, 6.45) is 4.46. The van der Waals surface area contributed by atoms with Gasteiger partial charge in [-0.1, -0.05) is 31.2 Å². The van der Waals surface area contributed by atoms with Gasteiger partial charge < -0.3 is 14.8 Å². The third-order valence-corrected chi connectivity index (χ3v) is 6.84. The summed E-state index contributed by atoms with van der Waals surface area (Å²) >= 11 is 0. The molecule has 2 aromatic rings. The van der Waals surface area contributed by atoms with Crippen LogP contribution in [0.5, 0.6) is 5.75 Å². The van der Waals surface area contributed by atoms with Crippen LogP contribution in [-0.2, 0) is 16.0 Å². The van der Waals surface area contributed by atoms with Gasteiger partial charge >= 0.3 is 0 Å². The molecule has 2 fully saturated rings. The smallest absolute Gasteiger partial charge is 0.252 e. The number of methoxy groups -OCH3 is 1. The molecule has 2 heterocycles. The summed E-state index contributed by atoms with van der Waals surface area (Å²) in [7, 11) is 1.58. The minimum Gasteiger partial charge on any atom is -0.496 e. The zero-order valence-corrected chi connectivity index (χ0v) is 19.0. The maximum absolute atomic E-state index is 13.8. The second-order valence-corrected chi connectivity index (χ2v) is 8.80. The molecule has 1 amide bonds. The first-order valence-corrected chi connectivity index (χ1v) is 11.6. The van der Waals surface area contributed by atoms with Crippen LogP contribution >= 0.6 is 0 Å². The van der Waals surface area contributed by atoms with Gasteiger partial charge in [0.05, 0.1) is 7.11 Å². The van der Waals surface area contributed by atoms with Crippen LogP contribution in [0.25, 0.3) is 11.1 Å². The van der Waals surface area contributed by atoms with Crippen molar-refractivity contribution in [3.8, 4) is 16.9 Å². The molecule has 4 rings (SSSR count). The third-order valence-electron chi connectivity index (χ3n) is 6.84. The molecule has 0 aromatic heterocycles. The highest BCUT2D eigenvalue weighted by Gasteiger charge is 2.43. The maximum Gasteiger partial charge on any atom is 0.252 e. The van der Waals surface area contributed by atoms with Gasteiger partial charge in [0, 0.05) is 31.2 Å². The highest BCUT2D eigenvalue weighted by molar-refractivity contribution is 5.86. The molecule has 32 heavy (non-hydrogen) atoms. The first-order valence-electron chi connectivity index (χ1n) is 11.6. The van der Waals surface area contributed by atoms with Gasteiger partial charge in [-0.25, -0.2) is 4.39 Å². The summed E-state index contributed by atoms with van der Waals surface area (Å²) in [4.78, 5) is 15.7. The highest BCUT2D eigenvalue weighted by atomic mass is 19.1. The Labute approximate surface area is 189 Å². The van der Waals surface area contributed by atoms with Crippen LogP contribution in [0.2, 0.25) is 0 Å². The predicted octanol–water partition coefficient (Wildman–Crippen LogP) is 4.19. The van der Waals surface area contributed by atoms with Gasteiger partial charge in [0.2, 0.25) is 0 Å². The molecular formula is C26H33FN2O3. The SMILES string of the molecule is CCN1CCCC1CNC(=O)C1(Cc2ccc(-c3cc(F)ccc3OC)cc2)CCCO1. The number of hydrogen-bond acceptors (Lipinski definition) is 4. The standard InChI is InChI=1S/C26H33FN2O3/c1-3-29-14-4-6-22(29)18-28-25(30)26(13-5-15-32-26)17-19-7-9-20(10-8-19)23-16-21(27)11-12-24(23)31-2/h7-12,16,22H,3-6,13-15,17-18H2,1-2H3,(H,28,30). The van der Waals surface area contributed by atoms with Crippen LogP contribution < -0.4 is 10.1 Å². The average molecular weight is 441 g/mol. The first-order chi connectivity index (χ1) is 15.5. The topological polar surface area (TPSA) is 50.8 Å². The molecule has 6 heteroatoms. The van der Waals surface area contributed by atoms with Crippen LogP contribution in [-0.4, -0.2) is 55.8 Å². The second-order valence-electron chi connectivity index (χ2n) is 8.80. The van der Waals surface area contributed by atoms with Gasteiger partial charge in [0.15, 0.2) is 5.60 Å². The van der Waals surface area contributed by atoms with Crippen molar-refractivity contribution < 1.29 is 18.7 Å². The Morgan fingerprint density at radius 1 is 1.25 bits per heavy atom. The largest absolute Gasteiger partial charge is 0.496 e. The quantitative estimate of drug-likeness (QED) is 0.669. The van der Waals surface area contributed by atoms with Crippen molar-refractivity contribution in [3.63, 3.8) is 0 Å². The lowest BCUT2D eigenvalue weighted by atomic mass is 9.89. The van der Waals surface area contributed by atoms with Gasteiger partial charge in [0.1, 0.15) is 11.6 Å². The number of nitrogens with zero attached hydrogens (tertiary/aromatic N) is 1. The van der Waals surface area contributed by atoms with Crippen molar-refractivity contribution in [2.75, 3.05) is 33.4 Å². The Kier molecular flexibility index (Phi) is 7.11. The summed E-state index contributed by atoms with van der Waals surface area (Å²) in [5, 5.41) is 3.19. The zero-order valence-electron chi connectivity index (χ0n) is 19.0. The lowest BCUT2D eigenvalue weighted by Gasteiger charge is -2.29. The van der Waals surface area contributed by atoms with E-state index < -0.39 is 5.60 Å². The number of carbonyl (C=O) groups is 1. The van der Waals surface area contributed by atoms with Crippen molar-refractivity contribution in [1.82, 2.24) is 10.2 Å². The van der Waals surface area contributed by atoms with E-state index in [1.807, 2.05) is 24.3 Å². The van der Waals surface area contributed by atoms with Crippen molar-refractivity contribution in [3.05, 3.63) is 53.8 Å². The molecule has 172 valence electrons. The maximum atomic E-state index is 13.8. The van der Waals surface area contributed by atoms with E-state index in [-0.39, 0.29) is 11.7 Å². The summed E-state index contributed by atoms with van der Waals surface area (Å²) in [5.74, 6) is 0.319. The molecule has 0 aliphatic carbocycles. The van der Waals surface area contributed by atoms with Crippen molar-refractivity contribution in [2.24, 2.45) is 0 Å². The molecule has 1 N–H and O–H groups in total. The number of amides is 1. The van der Waals surface area contributed by atoms with Gasteiger partial charge in [0.25, 0.3) is 5.91 Å². The van der Waals surface area contributed by atoms with Crippen LogP contribution in [0.4, 0.5) is 4.39 Å². The third kappa shape index (κ3) is 4.81. The molecule has 2 aromatic carbocycles. The number of rotatable bonds is 8. The number of likely N-dealkylation sites (N-methyl/N-ethyl adjacent to an activating group) is 1. The fraction of sp³-hybridized carbons (Fsp3) is 0.500. The van der Waals surface area contributed by atoms with Crippen LogP contribution in [0.1, 0.15) is 38.2 Å². The van der Waals surface area contributed by atoms with Gasteiger partial charge in [-0.3, -0.25) is 9.69 Å². The Morgan fingerprint density at radius 3 is 2.75 bits per heavy atom. The van der Waals surface area contributed by atoms with E-state index in [1.165, 1.54) is 18.6 Å². The number of ether oxygens (including phenoxy) is 2. The highest BCUT2D eigenvalue weighted by Crippen LogP contribution is 2.33. The van der Waals surface area contributed by atoms with Crippen molar-refractivity contribution >= 4 is 5.91 Å². The molecule has 2 atom stereocenters. The number of nitrogens with one attached hydrogen (secondary N) is 1. The first kappa shape index (κ1) is 22.7. The van der Waals surface area contributed by atoms with Crippen LogP contribution in [0.3, 0.4) is 0 Å². The van der Waals surface area contributed by atoms with E-state index in [0.29, 0.717) is 36.9 Å². The molecule has 2 aliphatic rings. The minimum atomic E-state index is -0.812. The Balaban J connectivity index is 1.46. The molecule has 2 saturated heterocycles. The van der Waals surface area contributed by atoms with E-state index in [1.54, 1.807) is 13.2 Å². The average Bonchev–Trinajstić information content (AvgIpc) is 3.48. The Hall–Kier alpha value is -2.44. The number of carbonyl (C=O) groups excluding carboxylic acids is 1. The molecule has 2 aliphatic heterocycles. The van der Waals surface area contributed by atoms with Gasteiger partial charge in [-0.05, 0) is 68.1 Å². The molecule has 0 bridgehead atoms. The van der Waals surface area contributed by atoms with Crippen LogP contribution in [0, 0.1) is 5.82 Å². The van der Waals surface area contributed by atoms with E-state index in [4.69, 9.17) is 9.47 Å². The Bertz CT molecular complexity index is 925. The molecule has 0 spiro atoms. The number of likely N-dealkylation sites (tertiary alicyclic amines) is 1. The van der Waals surface area contributed by atoms with Crippen molar-refractivity contribution in [1.29, 1.82) is 0 Å². The predicted molar refractivity (Wildman–Crippen MR) is 123 cm³/mol. The Morgan fingerprint density at radius 2 is 2.06 bits per heavy atom. The summed E-state index contributed by atoms with van der Waals surface area (Å²) in [6, 6.07) is 12.8. The van der Waals surface area contributed by atoms with Gasteiger partial charge in [-0.2, -0.15) is 0 Å². The van der Waals surface area contributed by atoms with Crippen LogP contribution in [0.15, 0.2) is 42.5 Å². The summed E-state index contributed by atoms with van der Waals surface area (Å²) in [6.45, 7) is 5.59. The van der Waals surface area contributed by atoms with E-state index in [0.717, 1.165) is 43.5 Å². The molecule has 2 unspecified atom stereocenters. The molecule has 0 radical (unpaired) electrons. The van der Waals surface area contributed by atoms with E-state index in [2.05, 4.69) is 17.1 Å². The summed E-state index contributed by atoms with van der Waals surface area (Å²) < 4.78 is 25.2. The zero-order chi connectivity index (χ0) is 22.6. The van der Waals surface area contributed by atoms with Crippen molar-refractivity contribution in [2.45, 2.75) is 50.7 Å². The van der Waals surface area contributed by atoms with E-state index in [9.17, 15) is 9.18 Å². The number of hydrogen-bond donors (Lipinski definition) is 1. The number of halogens is 1. The fourth-order valence-corrected chi connectivity index (χ4v) is 5.05. The second kappa shape index (κ2) is 10.0. The molecule has 0 saturated carbocycles. The lowest BCUT2D eigenvalue weighted by Crippen LogP contribution is -2.51. The van der Waals surface area contributed by atoms with E-state index >= 15 is 0 Å². The fourth-order valence-electron chi connectivity index (χ4n) is 5.05. The summed E-state index contributed by atoms with van der Waals surface area (Å²) in [5.41, 5.74) is 1.79. The molecular weight excluding hydrogens is 407 g/mol. The lowest BCUT2D eigenvalue weighted by molar-refractivity contribution is -0.141. The molecule has 5 nitrogen and oxygen atoms in total. The van der Waals surface area contributed by atoms with Gasteiger partial charge in [-0.15, -0.1) is 0 Å². The normalized spacial score (nSPS) is 23.4. The monoisotopic (exact) mass is 440 g/mol.